The summed E-state index contributed by atoms with van der Waals surface area (Å²) in [5.74, 6) is -1.20. The minimum Gasteiger partial charge on any atom is -0.452 e. The molecule has 0 unspecified atom stereocenters. The zero-order valence-corrected chi connectivity index (χ0v) is 15.9. The van der Waals surface area contributed by atoms with Crippen molar-refractivity contribution in [1.29, 1.82) is 0 Å². The van der Waals surface area contributed by atoms with Gasteiger partial charge in [0.05, 0.1) is 22.8 Å². The third-order valence-electron chi connectivity index (χ3n) is 4.96. The lowest BCUT2D eigenvalue weighted by atomic mass is 10.1. The van der Waals surface area contributed by atoms with Crippen molar-refractivity contribution in [2.24, 2.45) is 0 Å². The van der Waals surface area contributed by atoms with Crippen molar-refractivity contribution in [3.8, 4) is 0 Å². The van der Waals surface area contributed by atoms with Crippen LogP contribution in [0.1, 0.15) is 29.6 Å². The number of benzene rings is 1. The zero-order chi connectivity index (χ0) is 19.6. The number of nitrogens with zero attached hydrogens (tertiary/aromatic N) is 2. The van der Waals surface area contributed by atoms with Crippen molar-refractivity contribution >= 4 is 33.3 Å². The molecule has 2 saturated heterocycles. The Morgan fingerprint density at radius 3 is 2.67 bits per heavy atom. The van der Waals surface area contributed by atoms with Crippen molar-refractivity contribution in [1.82, 2.24) is 4.90 Å². The van der Waals surface area contributed by atoms with Crippen LogP contribution in [-0.2, 0) is 24.2 Å². The molecule has 146 valence electrons. The first-order valence-corrected chi connectivity index (χ1v) is 10.6. The Labute approximate surface area is 158 Å². The molecule has 9 heteroatoms. The summed E-state index contributed by atoms with van der Waals surface area (Å²) in [5, 5.41) is 0. The first-order valence-electron chi connectivity index (χ1n) is 8.81. The highest BCUT2D eigenvalue weighted by Crippen LogP contribution is 2.26. The number of rotatable bonds is 5. The van der Waals surface area contributed by atoms with Gasteiger partial charge in [-0.25, -0.2) is 13.2 Å². The summed E-state index contributed by atoms with van der Waals surface area (Å²) >= 11 is 0. The molecule has 0 spiro atoms. The van der Waals surface area contributed by atoms with E-state index in [1.165, 1.54) is 11.9 Å². The molecule has 8 nitrogen and oxygen atoms in total. The van der Waals surface area contributed by atoms with Gasteiger partial charge in [0.15, 0.2) is 16.4 Å². The topological polar surface area (TPSA) is 101 Å². The second-order valence-electron chi connectivity index (χ2n) is 6.80. The number of ether oxygens (including phenoxy) is 1. The smallest absolute Gasteiger partial charge is 0.340 e. The van der Waals surface area contributed by atoms with Crippen molar-refractivity contribution < 1.29 is 27.5 Å². The van der Waals surface area contributed by atoms with Gasteiger partial charge in [0, 0.05) is 26.1 Å². The van der Waals surface area contributed by atoms with E-state index >= 15 is 0 Å². The molecule has 2 aliphatic rings. The van der Waals surface area contributed by atoms with Gasteiger partial charge in [-0.3, -0.25) is 9.59 Å². The van der Waals surface area contributed by atoms with E-state index in [2.05, 4.69) is 0 Å². The lowest BCUT2D eigenvalue weighted by Gasteiger charge is -2.23. The molecule has 2 aliphatic heterocycles. The quantitative estimate of drug-likeness (QED) is 0.679. The number of esters is 1. The molecule has 2 heterocycles. The molecule has 0 aromatic heterocycles. The molecule has 0 saturated carbocycles. The van der Waals surface area contributed by atoms with Crippen LogP contribution in [0.25, 0.3) is 0 Å². The Bertz CT molecular complexity index is 866. The third kappa shape index (κ3) is 4.29. The Balaban J connectivity index is 1.63. The predicted molar refractivity (Wildman–Crippen MR) is 98.1 cm³/mol. The first-order chi connectivity index (χ1) is 12.8. The van der Waals surface area contributed by atoms with E-state index in [4.69, 9.17) is 4.74 Å². The van der Waals surface area contributed by atoms with Gasteiger partial charge in [0.1, 0.15) is 0 Å². The summed E-state index contributed by atoms with van der Waals surface area (Å²) < 4.78 is 28.2. The predicted octanol–water partition coefficient (Wildman–Crippen LogP) is 0.616. The lowest BCUT2D eigenvalue weighted by molar-refractivity contribution is -0.134. The number of carbonyl (C=O) groups is 3. The molecule has 1 atom stereocenters. The van der Waals surface area contributed by atoms with E-state index in [0.29, 0.717) is 25.1 Å². The minimum absolute atomic E-state index is 0.0477. The number of amides is 2. The van der Waals surface area contributed by atoms with Crippen LogP contribution in [0.15, 0.2) is 24.3 Å². The number of hydrogen-bond acceptors (Lipinski definition) is 6. The van der Waals surface area contributed by atoms with Crippen molar-refractivity contribution in [3.05, 3.63) is 29.8 Å². The van der Waals surface area contributed by atoms with Gasteiger partial charge >= 0.3 is 5.97 Å². The Morgan fingerprint density at radius 1 is 1.30 bits per heavy atom. The molecular formula is C18H22N2O6S. The van der Waals surface area contributed by atoms with Gasteiger partial charge in [-0.15, -0.1) is 0 Å². The van der Waals surface area contributed by atoms with Gasteiger partial charge < -0.3 is 14.5 Å². The molecular weight excluding hydrogens is 372 g/mol. The maximum atomic E-state index is 12.5. The van der Waals surface area contributed by atoms with E-state index in [-0.39, 0.29) is 23.0 Å². The van der Waals surface area contributed by atoms with Crippen molar-refractivity contribution in [3.63, 3.8) is 0 Å². The maximum Gasteiger partial charge on any atom is 0.340 e. The van der Waals surface area contributed by atoms with E-state index in [1.807, 2.05) is 0 Å². The van der Waals surface area contributed by atoms with E-state index < -0.39 is 34.4 Å². The van der Waals surface area contributed by atoms with Crippen LogP contribution in [0, 0.1) is 0 Å². The standard InChI is InChI=1S/C18H22N2O6S/c1-19(13-8-10-27(24,25)12-13)17(22)11-26-18(23)14-5-2-3-6-15(14)20-9-4-7-16(20)21/h2-3,5-6,13H,4,7-12H2,1H3/t13-/m0/s1. The summed E-state index contributed by atoms with van der Waals surface area (Å²) in [6, 6.07) is 6.24. The summed E-state index contributed by atoms with van der Waals surface area (Å²) in [6.07, 6.45) is 1.56. The monoisotopic (exact) mass is 394 g/mol. The average Bonchev–Trinajstić information content (AvgIpc) is 3.23. The fourth-order valence-electron chi connectivity index (χ4n) is 3.38. The van der Waals surface area contributed by atoms with Gasteiger partial charge in [-0.05, 0) is 25.0 Å². The number of likely N-dealkylation sites (N-methyl/N-ethyl adjacent to an activating group) is 1. The molecule has 1 aromatic carbocycles. The Morgan fingerprint density at radius 2 is 2.04 bits per heavy atom. The first kappa shape index (κ1) is 19.3. The number of sulfone groups is 1. The second-order valence-corrected chi connectivity index (χ2v) is 9.03. The highest BCUT2D eigenvalue weighted by Gasteiger charge is 2.33. The van der Waals surface area contributed by atoms with Crippen LogP contribution in [-0.4, -0.2) is 68.8 Å². The van der Waals surface area contributed by atoms with Crippen LogP contribution in [0.4, 0.5) is 5.69 Å². The minimum atomic E-state index is -3.11. The lowest BCUT2D eigenvalue weighted by Crippen LogP contribution is -2.40. The molecule has 2 fully saturated rings. The Hall–Kier alpha value is -2.42. The van der Waals surface area contributed by atoms with E-state index in [1.54, 1.807) is 29.2 Å². The van der Waals surface area contributed by atoms with Crippen LogP contribution >= 0.6 is 0 Å². The fourth-order valence-corrected chi connectivity index (χ4v) is 5.15. The zero-order valence-electron chi connectivity index (χ0n) is 15.1. The normalized spacial score (nSPS) is 21.3. The largest absolute Gasteiger partial charge is 0.452 e. The number of hydrogen-bond donors (Lipinski definition) is 0. The molecule has 0 N–H and O–H groups in total. The van der Waals surface area contributed by atoms with Gasteiger partial charge in [-0.1, -0.05) is 12.1 Å². The third-order valence-corrected chi connectivity index (χ3v) is 6.71. The van der Waals surface area contributed by atoms with Crippen LogP contribution < -0.4 is 4.90 Å². The molecule has 1 aromatic rings. The number of para-hydroxylation sites is 1. The van der Waals surface area contributed by atoms with E-state index in [9.17, 15) is 22.8 Å². The van der Waals surface area contributed by atoms with Crippen LogP contribution in [0.2, 0.25) is 0 Å². The van der Waals surface area contributed by atoms with Gasteiger partial charge in [0.2, 0.25) is 5.91 Å². The van der Waals surface area contributed by atoms with Gasteiger partial charge in [-0.2, -0.15) is 0 Å². The van der Waals surface area contributed by atoms with E-state index in [0.717, 1.165) is 6.42 Å². The highest BCUT2D eigenvalue weighted by molar-refractivity contribution is 7.91. The summed E-state index contributed by atoms with van der Waals surface area (Å²) in [6.45, 7) is 0.0646. The molecule has 0 radical (unpaired) electrons. The van der Waals surface area contributed by atoms with Crippen LogP contribution in [0.3, 0.4) is 0 Å². The molecule has 3 rings (SSSR count). The maximum absolute atomic E-state index is 12.5. The van der Waals surface area contributed by atoms with Gasteiger partial charge in [0.25, 0.3) is 5.91 Å². The highest BCUT2D eigenvalue weighted by atomic mass is 32.2. The molecule has 0 aliphatic carbocycles. The molecule has 2 amide bonds. The number of anilines is 1. The fraction of sp³-hybridized carbons (Fsp3) is 0.500. The summed E-state index contributed by atoms with van der Waals surface area (Å²) in [5.41, 5.74) is 0.708. The summed E-state index contributed by atoms with van der Waals surface area (Å²) in [7, 11) is -1.60. The van der Waals surface area contributed by atoms with Crippen LogP contribution in [0.5, 0.6) is 0 Å². The number of carbonyl (C=O) groups excluding carboxylic acids is 3. The SMILES string of the molecule is CN(C(=O)COC(=O)c1ccccc1N1CCCC1=O)[C@H]1CCS(=O)(=O)C1. The second kappa shape index (κ2) is 7.67. The average molecular weight is 394 g/mol. The molecule has 27 heavy (non-hydrogen) atoms. The van der Waals surface area contributed by atoms with Crippen molar-refractivity contribution in [2.45, 2.75) is 25.3 Å². The molecule has 0 bridgehead atoms. The summed E-state index contributed by atoms with van der Waals surface area (Å²) in [4.78, 5) is 39.6. The van der Waals surface area contributed by atoms with Crippen molar-refractivity contribution in [2.75, 3.05) is 36.6 Å². The Kier molecular flexibility index (Phi) is 5.50.